The first kappa shape index (κ1) is 15.2. The minimum Gasteiger partial charge on any atom is -0.508 e. The first-order chi connectivity index (χ1) is 11.0. The summed E-state index contributed by atoms with van der Waals surface area (Å²) in [7, 11) is 0. The topological polar surface area (TPSA) is 58.0 Å². The molecule has 0 saturated heterocycles. The average Bonchev–Trinajstić information content (AvgIpc) is 2.50. The highest BCUT2D eigenvalue weighted by atomic mass is 35.5. The van der Waals surface area contributed by atoms with E-state index in [2.05, 4.69) is 15.3 Å². The van der Waals surface area contributed by atoms with Gasteiger partial charge in [-0.1, -0.05) is 23.7 Å². The molecule has 0 aliphatic carbocycles. The van der Waals surface area contributed by atoms with E-state index < -0.39 is 11.6 Å². The van der Waals surface area contributed by atoms with Gasteiger partial charge in [0.2, 0.25) is 0 Å². The Bertz CT molecular complexity index is 874. The van der Waals surface area contributed by atoms with Gasteiger partial charge in [0.05, 0.1) is 5.69 Å². The predicted molar refractivity (Wildman–Crippen MR) is 83.8 cm³/mol. The van der Waals surface area contributed by atoms with Crippen molar-refractivity contribution < 1.29 is 13.9 Å². The van der Waals surface area contributed by atoms with Gasteiger partial charge in [-0.3, -0.25) is 0 Å². The fourth-order valence-electron chi connectivity index (χ4n) is 1.98. The number of halogens is 3. The van der Waals surface area contributed by atoms with Gasteiger partial charge in [-0.05, 0) is 24.3 Å². The smallest absolute Gasteiger partial charge is 0.163 e. The molecule has 0 aliphatic rings. The van der Waals surface area contributed by atoms with Crippen LogP contribution in [-0.2, 0) is 0 Å². The molecular formula is C16H10ClF2N3O. The van der Waals surface area contributed by atoms with Crippen LogP contribution < -0.4 is 5.32 Å². The van der Waals surface area contributed by atoms with Gasteiger partial charge in [0.25, 0.3) is 0 Å². The summed E-state index contributed by atoms with van der Waals surface area (Å²) in [5.41, 5.74) is 0.560. The Kier molecular flexibility index (Phi) is 4.08. The molecule has 0 aliphatic heterocycles. The van der Waals surface area contributed by atoms with Crippen LogP contribution in [0.4, 0.5) is 20.3 Å². The molecule has 23 heavy (non-hydrogen) atoms. The molecule has 0 bridgehead atoms. The molecule has 2 N–H and O–H groups in total. The van der Waals surface area contributed by atoms with Crippen LogP contribution in [0.15, 0.2) is 48.5 Å². The number of nitrogens with one attached hydrogen (secondary N) is 1. The SMILES string of the molecule is Oc1ccc(Nc2cc(Cl)nc(-c3cccc(F)c3)n2)c(F)c1. The summed E-state index contributed by atoms with van der Waals surface area (Å²) in [6, 6.07) is 10.8. The van der Waals surface area contributed by atoms with Crippen molar-refractivity contribution >= 4 is 23.1 Å². The molecular weight excluding hydrogens is 324 g/mol. The number of aromatic nitrogens is 2. The molecule has 3 rings (SSSR count). The van der Waals surface area contributed by atoms with E-state index in [-0.39, 0.29) is 28.2 Å². The summed E-state index contributed by atoms with van der Waals surface area (Å²) in [5, 5.41) is 12.1. The lowest BCUT2D eigenvalue weighted by Gasteiger charge is -2.09. The van der Waals surface area contributed by atoms with Crippen LogP contribution in [0.1, 0.15) is 0 Å². The standard InChI is InChI=1S/C16H10ClF2N3O/c17-14-8-15(20-13-5-4-11(23)7-12(13)19)22-16(21-14)9-2-1-3-10(18)6-9/h1-8,23H,(H,20,21,22). The molecule has 0 amide bonds. The third kappa shape index (κ3) is 3.54. The summed E-state index contributed by atoms with van der Waals surface area (Å²) in [4.78, 5) is 8.24. The lowest BCUT2D eigenvalue weighted by molar-refractivity contribution is 0.469. The van der Waals surface area contributed by atoms with Crippen molar-refractivity contribution in [2.45, 2.75) is 0 Å². The summed E-state index contributed by atoms with van der Waals surface area (Å²) in [6.07, 6.45) is 0. The number of nitrogens with zero attached hydrogens (tertiary/aromatic N) is 2. The second kappa shape index (κ2) is 6.18. The molecule has 7 heteroatoms. The molecule has 2 aromatic carbocycles. The molecule has 0 saturated carbocycles. The number of phenolic OH excluding ortho intramolecular Hbond substituents is 1. The van der Waals surface area contributed by atoms with Gasteiger partial charge in [-0.2, -0.15) is 0 Å². The van der Waals surface area contributed by atoms with E-state index in [1.807, 2.05) is 0 Å². The maximum atomic E-state index is 13.8. The number of anilines is 2. The van der Waals surface area contributed by atoms with Gasteiger partial charge in [-0.25, -0.2) is 18.7 Å². The lowest BCUT2D eigenvalue weighted by Crippen LogP contribution is -1.99. The second-order valence-electron chi connectivity index (χ2n) is 4.70. The van der Waals surface area contributed by atoms with Gasteiger partial charge < -0.3 is 10.4 Å². The lowest BCUT2D eigenvalue weighted by atomic mass is 10.2. The Morgan fingerprint density at radius 1 is 1.00 bits per heavy atom. The zero-order valence-electron chi connectivity index (χ0n) is 11.6. The summed E-state index contributed by atoms with van der Waals surface area (Å²) in [5.74, 6) is -0.807. The molecule has 0 spiro atoms. The van der Waals surface area contributed by atoms with E-state index in [0.29, 0.717) is 5.56 Å². The van der Waals surface area contributed by atoms with E-state index in [1.165, 1.54) is 36.4 Å². The number of benzene rings is 2. The van der Waals surface area contributed by atoms with Crippen molar-refractivity contribution in [2.24, 2.45) is 0 Å². The van der Waals surface area contributed by atoms with Crippen molar-refractivity contribution in [3.05, 3.63) is 65.3 Å². The van der Waals surface area contributed by atoms with E-state index in [4.69, 9.17) is 11.6 Å². The van der Waals surface area contributed by atoms with Crippen LogP contribution in [0, 0.1) is 11.6 Å². The highest BCUT2D eigenvalue weighted by Crippen LogP contribution is 2.26. The number of aromatic hydroxyl groups is 1. The third-order valence-corrected chi connectivity index (χ3v) is 3.19. The van der Waals surface area contributed by atoms with Crippen LogP contribution in [0.5, 0.6) is 5.75 Å². The highest BCUT2D eigenvalue weighted by molar-refractivity contribution is 6.29. The van der Waals surface area contributed by atoms with Crippen molar-refractivity contribution in [1.82, 2.24) is 9.97 Å². The maximum absolute atomic E-state index is 13.8. The van der Waals surface area contributed by atoms with Crippen molar-refractivity contribution in [3.63, 3.8) is 0 Å². The monoisotopic (exact) mass is 333 g/mol. The van der Waals surface area contributed by atoms with Crippen LogP contribution in [0.25, 0.3) is 11.4 Å². The first-order valence-electron chi connectivity index (χ1n) is 6.57. The van der Waals surface area contributed by atoms with Gasteiger partial charge in [-0.15, -0.1) is 0 Å². The quantitative estimate of drug-likeness (QED) is 0.546. The molecule has 3 aromatic rings. The molecule has 0 fully saturated rings. The fraction of sp³-hybridized carbons (Fsp3) is 0. The van der Waals surface area contributed by atoms with Crippen molar-refractivity contribution in [3.8, 4) is 17.1 Å². The van der Waals surface area contributed by atoms with Gasteiger partial charge in [0, 0.05) is 17.7 Å². The van der Waals surface area contributed by atoms with E-state index in [9.17, 15) is 13.9 Å². The Hall–Kier alpha value is -2.73. The van der Waals surface area contributed by atoms with Gasteiger partial charge in [0.1, 0.15) is 28.4 Å². The largest absolute Gasteiger partial charge is 0.508 e. The Labute approximate surface area is 135 Å². The van der Waals surface area contributed by atoms with E-state index >= 15 is 0 Å². The number of phenols is 1. The number of rotatable bonds is 3. The van der Waals surface area contributed by atoms with Gasteiger partial charge >= 0.3 is 0 Å². The van der Waals surface area contributed by atoms with E-state index in [0.717, 1.165) is 6.07 Å². The predicted octanol–water partition coefficient (Wildman–Crippen LogP) is 4.52. The zero-order valence-corrected chi connectivity index (χ0v) is 12.4. The van der Waals surface area contributed by atoms with Gasteiger partial charge in [0.15, 0.2) is 5.82 Å². The molecule has 0 atom stereocenters. The summed E-state index contributed by atoms with van der Waals surface area (Å²) < 4.78 is 27.1. The normalized spacial score (nSPS) is 10.6. The second-order valence-corrected chi connectivity index (χ2v) is 5.09. The Morgan fingerprint density at radius 3 is 2.57 bits per heavy atom. The molecule has 1 heterocycles. The van der Waals surface area contributed by atoms with E-state index in [1.54, 1.807) is 6.07 Å². The van der Waals surface area contributed by atoms with Crippen LogP contribution in [0.2, 0.25) is 5.15 Å². The summed E-state index contributed by atoms with van der Waals surface area (Å²) in [6.45, 7) is 0. The Balaban J connectivity index is 1.97. The number of hydrogen-bond donors (Lipinski definition) is 2. The van der Waals surface area contributed by atoms with Crippen LogP contribution in [0.3, 0.4) is 0 Å². The molecule has 0 radical (unpaired) electrons. The molecule has 116 valence electrons. The summed E-state index contributed by atoms with van der Waals surface area (Å²) >= 11 is 5.95. The molecule has 4 nitrogen and oxygen atoms in total. The van der Waals surface area contributed by atoms with Crippen LogP contribution in [-0.4, -0.2) is 15.1 Å². The maximum Gasteiger partial charge on any atom is 0.163 e. The van der Waals surface area contributed by atoms with Crippen LogP contribution >= 0.6 is 11.6 Å². The molecule has 0 unspecified atom stereocenters. The number of hydrogen-bond acceptors (Lipinski definition) is 4. The van der Waals surface area contributed by atoms with Crippen molar-refractivity contribution in [1.29, 1.82) is 0 Å². The molecule has 1 aromatic heterocycles. The Morgan fingerprint density at radius 2 is 1.83 bits per heavy atom. The minimum atomic E-state index is -0.646. The fourth-order valence-corrected chi connectivity index (χ4v) is 2.17. The first-order valence-corrected chi connectivity index (χ1v) is 6.95. The minimum absolute atomic E-state index is 0.114. The zero-order chi connectivity index (χ0) is 16.4. The third-order valence-electron chi connectivity index (χ3n) is 2.99. The average molecular weight is 334 g/mol. The van der Waals surface area contributed by atoms with Crippen molar-refractivity contribution in [2.75, 3.05) is 5.32 Å². The highest BCUT2D eigenvalue weighted by Gasteiger charge is 2.09.